The van der Waals surface area contributed by atoms with E-state index in [9.17, 15) is 4.79 Å². The molecular formula is C16H17IN2O. The predicted octanol–water partition coefficient (Wildman–Crippen LogP) is 3.57. The molecule has 0 bridgehead atoms. The molecule has 0 aliphatic heterocycles. The minimum atomic E-state index is -0.308. The SMILES string of the molecule is CC(C(=O)Nc1ccccc1I)C(N)c1ccccc1. The van der Waals surface area contributed by atoms with Crippen LogP contribution in [0.2, 0.25) is 0 Å². The van der Waals surface area contributed by atoms with Crippen molar-refractivity contribution >= 4 is 34.2 Å². The highest BCUT2D eigenvalue weighted by Crippen LogP contribution is 2.22. The fraction of sp³-hybridized carbons (Fsp3) is 0.188. The molecule has 0 saturated heterocycles. The number of nitrogens with two attached hydrogens (primary N) is 1. The third kappa shape index (κ3) is 3.58. The molecule has 2 atom stereocenters. The highest BCUT2D eigenvalue weighted by molar-refractivity contribution is 14.1. The van der Waals surface area contributed by atoms with Crippen LogP contribution in [0.3, 0.4) is 0 Å². The molecule has 104 valence electrons. The van der Waals surface area contributed by atoms with E-state index >= 15 is 0 Å². The maximum absolute atomic E-state index is 12.3. The zero-order valence-corrected chi connectivity index (χ0v) is 13.4. The molecule has 0 aromatic heterocycles. The molecule has 3 nitrogen and oxygen atoms in total. The van der Waals surface area contributed by atoms with Crippen molar-refractivity contribution in [1.29, 1.82) is 0 Å². The van der Waals surface area contributed by atoms with Crippen LogP contribution in [0.1, 0.15) is 18.5 Å². The summed E-state index contributed by atoms with van der Waals surface area (Å²) in [4.78, 5) is 12.3. The van der Waals surface area contributed by atoms with Gasteiger partial charge in [0.15, 0.2) is 0 Å². The van der Waals surface area contributed by atoms with Crippen molar-refractivity contribution in [2.75, 3.05) is 5.32 Å². The van der Waals surface area contributed by atoms with Crippen LogP contribution < -0.4 is 11.1 Å². The van der Waals surface area contributed by atoms with Crippen molar-refractivity contribution in [3.63, 3.8) is 0 Å². The number of hydrogen-bond donors (Lipinski definition) is 2. The Labute approximate surface area is 132 Å². The van der Waals surface area contributed by atoms with Crippen molar-refractivity contribution < 1.29 is 4.79 Å². The Morgan fingerprint density at radius 1 is 1.10 bits per heavy atom. The normalized spacial score (nSPS) is 13.6. The second-order valence-electron chi connectivity index (χ2n) is 4.69. The first-order valence-electron chi connectivity index (χ1n) is 6.45. The van der Waals surface area contributed by atoms with Gasteiger partial charge in [-0.05, 0) is 40.3 Å². The van der Waals surface area contributed by atoms with Crippen molar-refractivity contribution in [2.45, 2.75) is 13.0 Å². The number of nitrogens with one attached hydrogen (secondary N) is 1. The predicted molar refractivity (Wildman–Crippen MR) is 90.3 cm³/mol. The second kappa shape index (κ2) is 6.85. The molecule has 0 aliphatic carbocycles. The topological polar surface area (TPSA) is 55.1 Å². The first-order chi connectivity index (χ1) is 9.59. The van der Waals surface area contributed by atoms with E-state index in [0.717, 1.165) is 14.8 Å². The molecule has 4 heteroatoms. The molecule has 0 fully saturated rings. The van der Waals surface area contributed by atoms with E-state index in [2.05, 4.69) is 27.9 Å². The first kappa shape index (κ1) is 15.0. The van der Waals surface area contributed by atoms with Crippen LogP contribution in [0.5, 0.6) is 0 Å². The van der Waals surface area contributed by atoms with E-state index in [0.29, 0.717) is 0 Å². The summed E-state index contributed by atoms with van der Waals surface area (Å²) in [5.41, 5.74) is 7.96. The Bertz CT molecular complexity index is 586. The largest absolute Gasteiger partial charge is 0.325 e. The minimum Gasteiger partial charge on any atom is -0.325 e. The Balaban J connectivity index is 2.08. The Kier molecular flexibility index (Phi) is 5.14. The number of hydrogen-bond acceptors (Lipinski definition) is 2. The van der Waals surface area contributed by atoms with E-state index in [1.165, 1.54) is 0 Å². The van der Waals surface area contributed by atoms with Crippen LogP contribution in [0, 0.1) is 9.49 Å². The Hall–Kier alpha value is -1.40. The van der Waals surface area contributed by atoms with Crippen LogP contribution in [0.25, 0.3) is 0 Å². The Morgan fingerprint density at radius 3 is 2.35 bits per heavy atom. The summed E-state index contributed by atoms with van der Waals surface area (Å²) in [5.74, 6) is -0.362. The first-order valence-corrected chi connectivity index (χ1v) is 7.53. The van der Waals surface area contributed by atoms with E-state index in [1.54, 1.807) is 0 Å². The summed E-state index contributed by atoms with van der Waals surface area (Å²) in [6.45, 7) is 1.85. The minimum absolute atomic E-state index is 0.0644. The van der Waals surface area contributed by atoms with Crippen LogP contribution in [0.15, 0.2) is 54.6 Å². The van der Waals surface area contributed by atoms with Crippen LogP contribution in [0.4, 0.5) is 5.69 Å². The molecule has 2 unspecified atom stereocenters. The summed E-state index contributed by atoms with van der Waals surface area (Å²) in [6, 6.07) is 17.1. The number of carbonyl (C=O) groups is 1. The summed E-state index contributed by atoms with van der Waals surface area (Å²) in [6.07, 6.45) is 0. The van der Waals surface area contributed by atoms with Crippen molar-refractivity contribution in [3.05, 3.63) is 63.7 Å². The number of amides is 1. The van der Waals surface area contributed by atoms with Gasteiger partial charge in [0.1, 0.15) is 0 Å². The molecule has 20 heavy (non-hydrogen) atoms. The fourth-order valence-corrected chi connectivity index (χ4v) is 2.46. The molecule has 2 rings (SSSR count). The molecular weight excluding hydrogens is 363 g/mol. The van der Waals surface area contributed by atoms with Gasteiger partial charge in [0.2, 0.25) is 5.91 Å². The molecule has 0 saturated carbocycles. The quantitative estimate of drug-likeness (QED) is 0.797. The lowest BCUT2D eigenvalue weighted by Crippen LogP contribution is -2.30. The highest BCUT2D eigenvalue weighted by Gasteiger charge is 2.22. The van der Waals surface area contributed by atoms with Gasteiger partial charge in [-0.3, -0.25) is 4.79 Å². The number of rotatable bonds is 4. The van der Waals surface area contributed by atoms with E-state index in [4.69, 9.17) is 5.73 Å². The van der Waals surface area contributed by atoms with Crippen LogP contribution in [-0.4, -0.2) is 5.91 Å². The maximum atomic E-state index is 12.3. The van der Waals surface area contributed by atoms with Crippen LogP contribution in [-0.2, 0) is 4.79 Å². The number of benzene rings is 2. The van der Waals surface area contributed by atoms with Gasteiger partial charge in [-0.2, -0.15) is 0 Å². The lowest BCUT2D eigenvalue weighted by molar-refractivity contribution is -0.120. The summed E-state index contributed by atoms with van der Waals surface area (Å²) >= 11 is 2.20. The smallest absolute Gasteiger partial charge is 0.229 e. The molecule has 0 heterocycles. The average Bonchev–Trinajstić information content (AvgIpc) is 2.49. The van der Waals surface area contributed by atoms with E-state index in [1.807, 2.05) is 61.5 Å². The van der Waals surface area contributed by atoms with Gasteiger partial charge in [0, 0.05) is 9.61 Å². The lowest BCUT2D eigenvalue weighted by Gasteiger charge is -2.20. The third-order valence-corrected chi connectivity index (χ3v) is 4.21. The number of carbonyl (C=O) groups excluding carboxylic acids is 1. The van der Waals surface area contributed by atoms with Crippen molar-refractivity contribution in [1.82, 2.24) is 0 Å². The van der Waals surface area contributed by atoms with Gasteiger partial charge in [0.05, 0.1) is 11.6 Å². The number of anilines is 1. The van der Waals surface area contributed by atoms with Gasteiger partial charge in [-0.25, -0.2) is 0 Å². The van der Waals surface area contributed by atoms with Gasteiger partial charge < -0.3 is 11.1 Å². The number of para-hydroxylation sites is 1. The summed E-state index contributed by atoms with van der Waals surface area (Å²) in [7, 11) is 0. The average molecular weight is 380 g/mol. The summed E-state index contributed by atoms with van der Waals surface area (Å²) < 4.78 is 1.01. The maximum Gasteiger partial charge on any atom is 0.229 e. The molecule has 1 amide bonds. The fourth-order valence-electron chi connectivity index (χ4n) is 1.94. The molecule has 3 N–H and O–H groups in total. The van der Waals surface area contributed by atoms with Crippen molar-refractivity contribution in [2.24, 2.45) is 11.7 Å². The van der Waals surface area contributed by atoms with Crippen LogP contribution >= 0.6 is 22.6 Å². The van der Waals surface area contributed by atoms with E-state index < -0.39 is 0 Å². The van der Waals surface area contributed by atoms with Gasteiger partial charge in [-0.1, -0.05) is 49.4 Å². The third-order valence-electron chi connectivity index (χ3n) is 3.27. The molecule has 0 spiro atoms. The number of halogens is 1. The Morgan fingerprint density at radius 2 is 1.70 bits per heavy atom. The molecule has 0 aliphatic rings. The lowest BCUT2D eigenvalue weighted by atomic mass is 9.94. The van der Waals surface area contributed by atoms with Crippen molar-refractivity contribution in [3.8, 4) is 0 Å². The molecule has 2 aromatic rings. The second-order valence-corrected chi connectivity index (χ2v) is 5.86. The molecule has 0 radical (unpaired) electrons. The highest BCUT2D eigenvalue weighted by atomic mass is 127. The molecule has 2 aromatic carbocycles. The van der Waals surface area contributed by atoms with Gasteiger partial charge in [-0.15, -0.1) is 0 Å². The zero-order valence-electron chi connectivity index (χ0n) is 11.2. The summed E-state index contributed by atoms with van der Waals surface area (Å²) in [5, 5.41) is 2.93. The zero-order chi connectivity index (χ0) is 14.5. The van der Waals surface area contributed by atoms with E-state index in [-0.39, 0.29) is 17.9 Å². The standard InChI is InChI=1S/C16H17IN2O/c1-11(15(18)12-7-3-2-4-8-12)16(20)19-14-10-6-5-9-13(14)17/h2-11,15H,18H2,1H3,(H,19,20). The monoisotopic (exact) mass is 380 g/mol. The van der Waals surface area contributed by atoms with Gasteiger partial charge in [0.25, 0.3) is 0 Å². The van der Waals surface area contributed by atoms with Gasteiger partial charge >= 0.3 is 0 Å².